The molecular formula is C19H20ClNO2. The number of nitrogens with one attached hydrogen (secondary N) is 1. The zero-order valence-corrected chi connectivity index (χ0v) is 14.1. The second-order valence-corrected chi connectivity index (χ2v) is 6.40. The molecule has 1 N–H and O–H groups in total. The van der Waals surface area contributed by atoms with E-state index in [9.17, 15) is 4.79 Å². The maximum Gasteiger partial charge on any atom is 0.224 e. The van der Waals surface area contributed by atoms with Crippen molar-refractivity contribution < 1.29 is 9.53 Å². The maximum atomic E-state index is 12.3. The topological polar surface area (TPSA) is 38.3 Å². The molecule has 3 nitrogen and oxygen atoms in total. The van der Waals surface area contributed by atoms with Gasteiger partial charge in [-0.25, -0.2) is 0 Å². The maximum absolute atomic E-state index is 12.3. The van der Waals surface area contributed by atoms with Crippen molar-refractivity contribution in [2.45, 2.75) is 25.8 Å². The van der Waals surface area contributed by atoms with Gasteiger partial charge in [0.2, 0.25) is 5.91 Å². The van der Waals surface area contributed by atoms with Gasteiger partial charge in [-0.1, -0.05) is 41.9 Å². The van der Waals surface area contributed by atoms with Crippen LogP contribution in [-0.2, 0) is 11.3 Å². The van der Waals surface area contributed by atoms with Crippen LogP contribution >= 0.6 is 11.6 Å². The summed E-state index contributed by atoms with van der Waals surface area (Å²) in [6, 6.07) is 13.7. The van der Waals surface area contributed by atoms with Crippen LogP contribution in [0.1, 0.15) is 29.0 Å². The van der Waals surface area contributed by atoms with E-state index in [0.29, 0.717) is 6.54 Å². The van der Waals surface area contributed by atoms with Crippen molar-refractivity contribution in [1.29, 1.82) is 0 Å². The molecule has 2 atom stereocenters. The molecule has 0 spiro atoms. The molecule has 1 amide bonds. The first kappa shape index (κ1) is 15.9. The SMILES string of the molecule is COc1cc(CNC(=O)C2CC2c2ccccc2Cl)ccc1C. The molecule has 4 heteroatoms. The Labute approximate surface area is 141 Å². The molecule has 2 aromatic carbocycles. The van der Waals surface area contributed by atoms with E-state index in [0.717, 1.165) is 33.9 Å². The zero-order chi connectivity index (χ0) is 16.4. The second kappa shape index (κ2) is 6.63. The number of ether oxygens (including phenoxy) is 1. The zero-order valence-electron chi connectivity index (χ0n) is 13.3. The third-order valence-electron chi connectivity index (χ3n) is 4.37. The number of aryl methyl sites for hydroxylation is 1. The Morgan fingerprint density at radius 3 is 2.83 bits per heavy atom. The van der Waals surface area contributed by atoms with Gasteiger partial charge in [-0.15, -0.1) is 0 Å². The van der Waals surface area contributed by atoms with Crippen molar-refractivity contribution in [3.63, 3.8) is 0 Å². The Hall–Kier alpha value is -2.00. The third-order valence-corrected chi connectivity index (χ3v) is 4.72. The van der Waals surface area contributed by atoms with Gasteiger partial charge in [0.05, 0.1) is 7.11 Å². The van der Waals surface area contributed by atoms with Crippen LogP contribution in [0, 0.1) is 12.8 Å². The fourth-order valence-corrected chi connectivity index (χ4v) is 3.17. The average molecular weight is 330 g/mol. The number of rotatable bonds is 5. The summed E-state index contributed by atoms with van der Waals surface area (Å²) >= 11 is 6.20. The van der Waals surface area contributed by atoms with Crippen LogP contribution < -0.4 is 10.1 Å². The molecule has 3 rings (SSSR count). The predicted molar refractivity (Wildman–Crippen MR) is 91.9 cm³/mol. The molecule has 1 fully saturated rings. The molecule has 0 bridgehead atoms. The first-order valence-corrected chi connectivity index (χ1v) is 8.13. The Balaban J connectivity index is 1.58. The first-order valence-electron chi connectivity index (χ1n) is 7.76. The predicted octanol–water partition coefficient (Wildman–Crippen LogP) is 4.08. The summed E-state index contributed by atoms with van der Waals surface area (Å²) in [5.41, 5.74) is 3.20. The average Bonchev–Trinajstić information content (AvgIpc) is 3.34. The smallest absolute Gasteiger partial charge is 0.224 e. The molecule has 23 heavy (non-hydrogen) atoms. The van der Waals surface area contributed by atoms with Gasteiger partial charge < -0.3 is 10.1 Å². The molecule has 0 heterocycles. The van der Waals surface area contributed by atoms with Gasteiger partial charge in [-0.3, -0.25) is 4.79 Å². The molecule has 0 saturated heterocycles. The molecule has 0 aliphatic heterocycles. The van der Waals surface area contributed by atoms with Crippen LogP contribution in [0.5, 0.6) is 5.75 Å². The van der Waals surface area contributed by atoms with Gasteiger partial charge in [-0.2, -0.15) is 0 Å². The summed E-state index contributed by atoms with van der Waals surface area (Å²) < 4.78 is 5.31. The van der Waals surface area contributed by atoms with Gasteiger partial charge >= 0.3 is 0 Å². The van der Waals surface area contributed by atoms with Crippen molar-refractivity contribution >= 4 is 17.5 Å². The second-order valence-electron chi connectivity index (χ2n) is 5.99. The summed E-state index contributed by atoms with van der Waals surface area (Å²) in [4.78, 5) is 12.3. The van der Waals surface area contributed by atoms with Crippen molar-refractivity contribution in [2.75, 3.05) is 7.11 Å². The van der Waals surface area contributed by atoms with E-state index in [4.69, 9.17) is 16.3 Å². The summed E-state index contributed by atoms with van der Waals surface area (Å²) in [5, 5.41) is 3.76. The summed E-state index contributed by atoms with van der Waals surface area (Å²) in [6.07, 6.45) is 0.868. The van der Waals surface area contributed by atoms with Gasteiger partial charge in [-0.05, 0) is 48.1 Å². The standard InChI is InChI=1S/C19H20ClNO2/c1-12-7-8-13(9-18(12)23-2)11-21-19(22)16-10-15(16)14-5-3-4-6-17(14)20/h3-9,15-16H,10-11H2,1-2H3,(H,21,22). The minimum absolute atomic E-state index is 0.0299. The lowest BCUT2D eigenvalue weighted by molar-refractivity contribution is -0.122. The van der Waals surface area contributed by atoms with Gasteiger partial charge in [0, 0.05) is 17.5 Å². The van der Waals surface area contributed by atoms with E-state index in [-0.39, 0.29) is 17.7 Å². The van der Waals surface area contributed by atoms with E-state index in [1.807, 2.05) is 49.4 Å². The highest BCUT2D eigenvalue weighted by molar-refractivity contribution is 6.31. The number of halogens is 1. The first-order chi connectivity index (χ1) is 11.1. The minimum Gasteiger partial charge on any atom is -0.496 e. The molecule has 0 aromatic heterocycles. The van der Waals surface area contributed by atoms with E-state index in [1.165, 1.54) is 0 Å². The third kappa shape index (κ3) is 3.50. The molecule has 120 valence electrons. The fraction of sp³-hybridized carbons (Fsp3) is 0.316. The quantitative estimate of drug-likeness (QED) is 0.897. The summed E-state index contributed by atoms with van der Waals surface area (Å²) in [5.74, 6) is 1.21. The van der Waals surface area contributed by atoms with Gasteiger partial charge in [0.25, 0.3) is 0 Å². The summed E-state index contributed by atoms with van der Waals surface area (Å²) in [7, 11) is 1.66. The van der Waals surface area contributed by atoms with Crippen LogP contribution in [0.15, 0.2) is 42.5 Å². The van der Waals surface area contributed by atoms with Gasteiger partial charge in [0.15, 0.2) is 0 Å². The number of methoxy groups -OCH3 is 1. The number of benzene rings is 2. The highest BCUT2D eigenvalue weighted by Gasteiger charge is 2.44. The van der Waals surface area contributed by atoms with E-state index >= 15 is 0 Å². The lowest BCUT2D eigenvalue weighted by atomic mass is 10.1. The van der Waals surface area contributed by atoms with Crippen molar-refractivity contribution in [3.05, 3.63) is 64.2 Å². The Morgan fingerprint density at radius 2 is 2.09 bits per heavy atom. The molecule has 2 unspecified atom stereocenters. The highest BCUT2D eigenvalue weighted by atomic mass is 35.5. The highest BCUT2D eigenvalue weighted by Crippen LogP contribution is 2.49. The van der Waals surface area contributed by atoms with Crippen molar-refractivity contribution in [3.8, 4) is 5.75 Å². The van der Waals surface area contributed by atoms with E-state index in [2.05, 4.69) is 5.32 Å². The Kier molecular flexibility index (Phi) is 4.58. The normalized spacial score (nSPS) is 19.3. The monoisotopic (exact) mass is 329 g/mol. The fourth-order valence-electron chi connectivity index (χ4n) is 2.90. The summed E-state index contributed by atoms with van der Waals surface area (Å²) in [6.45, 7) is 2.51. The number of hydrogen-bond donors (Lipinski definition) is 1. The van der Waals surface area contributed by atoms with Gasteiger partial charge in [0.1, 0.15) is 5.75 Å². The lowest BCUT2D eigenvalue weighted by Gasteiger charge is -2.09. The lowest BCUT2D eigenvalue weighted by Crippen LogP contribution is -2.24. The van der Waals surface area contributed by atoms with Crippen LogP contribution in [-0.4, -0.2) is 13.0 Å². The van der Waals surface area contributed by atoms with E-state index in [1.54, 1.807) is 7.11 Å². The van der Waals surface area contributed by atoms with Crippen LogP contribution in [0.3, 0.4) is 0 Å². The molecular weight excluding hydrogens is 310 g/mol. The van der Waals surface area contributed by atoms with Crippen LogP contribution in [0.2, 0.25) is 5.02 Å². The number of hydrogen-bond acceptors (Lipinski definition) is 2. The number of amides is 1. The largest absolute Gasteiger partial charge is 0.496 e. The van der Waals surface area contributed by atoms with E-state index < -0.39 is 0 Å². The molecule has 2 aromatic rings. The molecule has 1 aliphatic rings. The molecule has 0 radical (unpaired) electrons. The Morgan fingerprint density at radius 1 is 1.30 bits per heavy atom. The number of carbonyl (C=O) groups is 1. The van der Waals surface area contributed by atoms with Crippen molar-refractivity contribution in [1.82, 2.24) is 5.32 Å². The molecule has 1 saturated carbocycles. The molecule has 1 aliphatic carbocycles. The minimum atomic E-state index is 0.0299. The Bertz CT molecular complexity index is 729. The van der Waals surface area contributed by atoms with Crippen LogP contribution in [0.4, 0.5) is 0 Å². The van der Waals surface area contributed by atoms with Crippen LogP contribution in [0.25, 0.3) is 0 Å². The van der Waals surface area contributed by atoms with Crippen molar-refractivity contribution in [2.24, 2.45) is 5.92 Å². The number of carbonyl (C=O) groups excluding carboxylic acids is 1.